The first-order valence-electron chi connectivity index (χ1n) is 9.26. The van der Waals surface area contributed by atoms with Crippen LogP contribution in [0.15, 0.2) is 48.5 Å². The van der Waals surface area contributed by atoms with Gasteiger partial charge in [-0.2, -0.15) is 0 Å². The van der Waals surface area contributed by atoms with E-state index in [0.29, 0.717) is 54.9 Å². The van der Waals surface area contributed by atoms with Gasteiger partial charge >= 0.3 is 0 Å². The molecule has 0 aliphatic carbocycles. The van der Waals surface area contributed by atoms with E-state index in [9.17, 15) is 13.8 Å². The third kappa shape index (κ3) is 3.67. The number of nitrogens with zero attached hydrogens (tertiary/aromatic N) is 1. The molecule has 0 saturated carbocycles. The van der Waals surface area contributed by atoms with Crippen molar-refractivity contribution < 1.29 is 18.5 Å². The number of piperidine rings is 1. The van der Waals surface area contributed by atoms with Crippen LogP contribution in [0.25, 0.3) is 0 Å². The number of carbonyl (C=O) groups excluding carboxylic acids is 2. The number of carbonyl (C=O) groups is 2. The van der Waals surface area contributed by atoms with Crippen LogP contribution in [-0.2, 0) is 11.0 Å². The van der Waals surface area contributed by atoms with E-state index in [4.69, 9.17) is 4.74 Å². The fourth-order valence-electron chi connectivity index (χ4n) is 3.88. The van der Waals surface area contributed by atoms with Gasteiger partial charge in [0.05, 0.1) is 12.0 Å². The summed E-state index contributed by atoms with van der Waals surface area (Å²) in [5.41, 5.74) is 1.28. The van der Waals surface area contributed by atoms with Gasteiger partial charge in [-0.1, -0.05) is 18.2 Å². The Morgan fingerprint density at radius 2 is 1.86 bits per heavy atom. The van der Waals surface area contributed by atoms with Crippen LogP contribution >= 0.6 is 0 Å². The van der Waals surface area contributed by atoms with Gasteiger partial charge in [-0.25, -0.2) is 4.21 Å². The number of hydrogen-bond donors (Lipinski definition) is 1. The number of Topliss-reactive ketones (excluding diaryl/α,β-unsaturated/α-hetero) is 1. The highest BCUT2D eigenvalue weighted by molar-refractivity contribution is 7.85. The van der Waals surface area contributed by atoms with Gasteiger partial charge in [0.15, 0.2) is 5.78 Å². The number of likely N-dealkylation sites (tertiary alicyclic amines) is 1. The molecule has 1 fully saturated rings. The van der Waals surface area contributed by atoms with Crippen molar-refractivity contribution in [3.05, 3.63) is 59.7 Å². The first-order chi connectivity index (χ1) is 13.5. The highest BCUT2D eigenvalue weighted by Crippen LogP contribution is 2.40. The summed E-state index contributed by atoms with van der Waals surface area (Å²) in [7, 11) is -1.20. The molecule has 0 bridgehead atoms. The Hall–Kier alpha value is -2.67. The quantitative estimate of drug-likeness (QED) is 0.862. The Balaban J connectivity index is 1.47. The van der Waals surface area contributed by atoms with Crippen LogP contribution in [0.5, 0.6) is 5.75 Å². The number of ether oxygens (including phenoxy) is 1. The summed E-state index contributed by atoms with van der Waals surface area (Å²) < 4.78 is 20.4. The molecule has 2 aliphatic heterocycles. The zero-order valence-corrected chi connectivity index (χ0v) is 16.5. The summed E-state index contributed by atoms with van der Waals surface area (Å²) >= 11 is 0. The predicted octanol–water partition coefficient (Wildman–Crippen LogP) is 3.03. The number of hydrogen-bond acceptors (Lipinski definition) is 4. The van der Waals surface area contributed by atoms with Crippen LogP contribution in [-0.4, -0.2) is 45.7 Å². The van der Waals surface area contributed by atoms with E-state index < -0.39 is 16.6 Å². The molecule has 2 aliphatic rings. The van der Waals surface area contributed by atoms with Gasteiger partial charge in [0.25, 0.3) is 5.91 Å². The van der Waals surface area contributed by atoms with E-state index in [1.165, 1.54) is 6.26 Å². The second-order valence-corrected chi connectivity index (χ2v) is 8.42. The van der Waals surface area contributed by atoms with Gasteiger partial charge in [0, 0.05) is 43.4 Å². The van der Waals surface area contributed by atoms with E-state index in [1.807, 2.05) is 35.2 Å². The molecule has 1 atom stereocenters. The molecular weight excluding hydrogens is 376 g/mol. The maximum absolute atomic E-state index is 12.8. The molecule has 1 unspecified atom stereocenters. The summed E-state index contributed by atoms with van der Waals surface area (Å²) in [6, 6.07) is 14.5. The van der Waals surface area contributed by atoms with Crippen LogP contribution in [0.3, 0.4) is 0 Å². The third-order valence-corrected chi connectivity index (χ3v) is 5.86. The van der Waals surface area contributed by atoms with Crippen molar-refractivity contribution in [3.63, 3.8) is 0 Å². The molecule has 4 rings (SSSR count). The molecule has 0 radical (unpaired) electrons. The minimum atomic E-state index is -1.20. The van der Waals surface area contributed by atoms with Crippen LogP contribution in [0.2, 0.25) is 0 Å². The van der Waals surface area contributed by atoms with Gasteiger partial charge < -0.3 is 14.4 Å². The summed E-state index contributed by atoms with van der Waals surface area (Å²) in [6.45, 7) is 1.12. The standard InChI is InChI=1S/C21H22N2O4S/c1-28(26)22-16-7-8-19-17(13-16)18(24)14-21(27-19)9-11-23(12-10-21)20(25)15-5-3-2-4-6-15/h2-8,13,22H,9-12,14H2,1H3. The van der Waals surface area contributed by atoms with Crippen LogP contribution in [0.1, 0.15) is 40.0 Å². The topological polar surface area (TPSA) is 75.7 Å². The number of amides is 1. The van der Waals surface area contributed by atoms with E-state index in [-0.39, 0.29) is 11.7 Å². The fraction of sp³-hybridized carbons (Fsp3) is 0.333. The lowest BCUT2D eigenvalue weighted by molar-refractivity contribution is -0.00569. The molecule has 1 amide bonds. The van der Waals surface area contributed by atoms with Crippen molar-refractivity contribution >= 4 is 28.4 Å². The van der Waals surface area contributed by atoms with Crippen molar-refractivity contribution in [2.45, 2.75) is 24.9 Å². The first kappa shape index (κ1) is 18.7. The lowest BCUT2D eigenvalue weighted by Gasteiger charge is -2.44. The smallest absolute Gasteiger partial charge is 0.253 e. The highest BCUT2D eigenvalue weighted by Gasteiger charge is 2.43. The average Bonchev–Trinajstić information content (AvgIpc) is 2.69. The molecule has 146 valence electrons. The summed E-state index contributed by atoms with van der Waals surface area (Å²) in [6.07, 6.45) is 3.08. The maximum atomic E-state index is 12.8. The highest BCUT2D eigenvalue weighted by atomic mass is 32.2. The molecular formula is C21H22N2O4S. The van der Waals surface area contributed by atoms with E-state index >= 15 is 0 Å². The van der Waals surface area contributed by atoms with Gasteiger partial charge in [-0.15, -0.1) is 0 Å². The van der Waals surface area contributed by atoms with Gasteiger partial charge in [0.1, 0.15) is 22.3 Å². The zero-order valence-electron chi connectivity index (χ0n) is 15.6. The Kier molecular flexibility index (Phi) is 4.93. The molecule has 2 aromatic rings. The molecule has 1 N–H and O–H groups in total. The number of anilines is 1. The number of rotatable bonds is 3. The Morgan fingerprint density at radius 1 is 1.14 bits per heavy atom. The number of fused-ring (bicyclic) bond motifs is 1. The zero-order chi connectivity index (χ0) is 19.7. The third-order valence-electron chi connectivity index (χ3n) is 5.33. The van der Waals surface area contributed by atoms with Crippen molar-refractivity contribution in [1.29, 1.82) is 0 Å². The second kappa shape index (κ2) is 7.39. The lowest BCUT2D eigenvalue weighted by Crippen LogP contribution is -2.52. The molecule has 1 saturated heterocycles. The number of nitrogens with one attached hydrogen (secondary N) is 1. The van der Waals surface area contributed by atoms with E-state index in [1.54, 1.807) is 18.2 Å². The molecule has 1 spiro atoms. The second-order valence-electron chi connectivity index (χ2n) is 7.31. The fourth-order valence-corrected chi connectivity index (χ4v) is 4.34. The lowest BCUT2D eigenvalue weighted by atomic mass is 9.82. The Labute approximate surface area is 166 Å². The van der Waals surface area contributed by atoms with Crippen molar-refractivity contribution in [3.8, 4) is 5.75 Å². The number of ketones is 1. The molecule has 7 heteroatoms. The maximum Gasteiger partial charge on any atom is 0.253 e. The van der Waals surface area contributed by atoms with Gasteiger partial charge in [-0.3, -0.25) is 9.59 Å². The minimum Gasteiger partial charge on any atom is -0.486 e. The summed E-state index contributed by atoms with van der Waals surface area (Å²) in [5, 5.41) is 0. The van der Waals surface area contributed by atoms with Crippen molar-refractivity contribution in [2.24, 2.45) is 0 Å². The normalized spacial score (nSPS) is 18.9. The minimum absolute atomic E-state index is 0.0151. The SMILES string of the molecule is CS(=O)Nc1ccc2c(c1)C(=O)CC1(CCN(C(=O)c3ccccc3)CC1)O2. The molecule has 2 heterocycles. The average molecular weight is 398 g/mol. The number of benzene rings is 2. The van der Waals surface area contributed by atoms with E-state index in [2.05, 4.69) is 4.72 Å². The van der Waals surface area contributed by atoms with Gasteiger partial charge in [-0.05, 0) is 30.3 Å². The largest absolute Gasteiger partial charge is 0.486 e. The van der Waals surface area contributed by atoms with Crippen molar-refractivity contribution in [2.75, 3.05) is 24.1 Å². The van der Waals surface area contributed by atoms with Crippen LogP contribution in [0, 0.1) is 0 Å². The predicted molar refractivity (Wildman–Crippen MR) is 108 cm³/mol. The van der Waals surface area contributed by atoms with Crippen LogP contribution < -0.4 is 9.46 Å². The first-order valence-corrected chi connectivity index (χ1v) is 10.8. The summed E-state index contributed by atoms with van der Waals surface area (Å²) in [5.74, 6) is 0.599. The monoisotopic (exact) mass is 398 g/mol. The summed E-state index contributed by atoms with van der Waals surface area (Å²) in [4.78, 5) is 27.2. The Morgan fingerprint density at radius 3 is 2.54 bits per heavy atom. The van der Waals surface area contributed by atoms with E-state index in [0.717, 1.165) is 0 Å². The van der Waals surface area contributed by atoms with Crippen LogP contribution in [0.4, 0.5) is 5.69 Å². The molecule has 0 aromatic heterocycles. The molecule has 6 nitrogen and oxygen atoms in total. The Bertz CT molecular complexity index is 937. The van der Waals surface area contributed by atoms with Crippen molar-refractivity contribution in [1.82, 2.24) is 4.90 Å². The molecule has 28 heavy (non-hydrogen) atoms. The molecule has 2 aromatic carbocycles. The van der Waals surface area contributed by atoms with Gasteiger partial charge in [0.2, 0.25) is 0 Å².